The number of carbonyl (C=O) groups is 1. The molecule has 2 aliphatic rings. The van der Waals surface area contributed by atoms with Crippen LogP contribution in [0.15, 0.2) is 48.7 Å². The van der Waals surface area contributed by atoms with Crippen molar-refractivity contribution in [3.63, 3.8) is 0 Å². The van der Waals surface area contributed by atoms with Gasteiger partial charge in [0.25, 0.3) is 0 Å². The van der Waals surface area contributed by atoms with Gasteiger partial charge in [0.2, 0.25) is 0 Å². The Hall–Kier alpha value is -2.40. The monoisotopic (exact) mass is 379 g/mol. The normalized spacial score (nSPS) is 27.1. The van der Waals surface area contributed by atoms with Gasteiger partial charge < -0.3 is 15.3 Å². The summed E-state index contributed by atoms with van der Waals surface area (Å²) in [6, 6.07) is 13.9. The third kappa shape index (κ3) is 3.51. The van der Waals surface area contributed by atoms with Crippen LogP contribution in [0.3, 0.4) is 0 Å². The number of aliphatic hydroxyl groups is 1. The second-order valence-corrected chi connectivity index (χ2v) is 8.12. The molecule has 2 fully saturated rings. The van der Waals surface area contributed by atoms with Gasteiger partial charge in [0.15, 0.2) is 0 Å². The summed E-state index contributed by atoms with van der Waals surface area (Å²) >= 11 is 0. The number of amides is 2. The number of likely N-dealkylation sites (tertiary alicyclic amines) is 1. The first-order chi connectivity index (χ1) is 13.6. The molecule has 5 nitrogen and oxygen atoms in total. The van der Waals surface area contributed by atoms with Gasteiger partial charge in [-0.05, 0) is 43.4 Å². The summed E-state index contributed by atoms with van der Waals surface area (Å²) in [4.78, 5) is 19.3. The average molecular weight is 380 g/mol. The summed E-state index contributed by atoms with van der Waals surface area (Å²) in [7, 11) is 0. The van der Waals surface area contributed by atoms with Gasteiger partial charge in [-0.2, -0.15) is 0 Å². The van der Waals surface area contributed by atoms with Gasteiger partial charge in [-0.15, -0.1) is 0 Å². The second kappa shape index (κ2) is 7.92. The number of carbonyl (C=O) groups excluding carboxylic acids is 1. The first-order valence-corrected chi connectivity index (χ1v) is 10.3. The topological polar surface area (TPSA) is 65.5 Å². The summed E-state index contributed by atoms with van der Waals surface area (Å²) in [6.07, 6.45) is 6.46. The molecule has 3 atom stereocenters. The molecule has 1 aromatic heterocycles. The SMILES string of the molecule is Cc1cccnc1CNC(=O)N1CC[C@@](O)(c2ccccc2)[C@H]2CCCC[C@H]21. The van der Waals surface area contributed by atoms with Crippen LogP contribution in [0.4, 0.5) is 4.79 Å². The van der Waals surface area contributed by atoms with Crippen molar-refractivity contribution in [3.8, 4) is 0 Å². The lowest BCUT2D eigenvalue weighted by Gasteiger charge is -2.52. The Kier molecular flexibility index (Phi) is 5.36. The second-order valence-electron chi connectivity index (χ2n) is 8.12. The van der Waals surface area contributed by atoms with Gasteiger partial charge in [-0.1, -0.05) is 49.2 Å². The predicted molar refractivity (Wildman–Crippen MR) is 109 cm³/mol. The van der Waals surface area contributed by atoms with Crippen LogP contribution in [0.5, 0.6) is 0 Å². The molecule has 5 heteroatoms. The van der Waals surface area contributed by atoms with Crippen molar-refractivity contribution < 1.29 is 9.90 Å². The van der Waals surface area contributed by atoms with E-state index in [0.29, 0.717) is 19.5 Å². The minimum Gasteiger partial charge on any atom is -0.385 e. The summed E-state index contributed by atoms with van der Waals surface area (Å²) in [6.45, 7) is 3.01. The van der Waals surface area contributed by atoms with E-state index in [4.69, 9.17) is 0 Å². The maximum Gasteiger partial charge on any atom is 0.317 e. The van der Waals surface area contributed by atoms with Crippen LogP contribution in [0, 0.1) is 12.8 Å². The zero-order valence-electron chi connectivity index (χ0n) is 16.5. The zero-order chi connectivity index (χ0) is 19.6. The summed E-state index contributed by atoms with van der Waals surface area (Å²) in [5, 5.41) is 14.7. The molecule has 1 aliphatic heterocycles. The van der Waals surface area contributed by atoms with Crippen LogP contribution in [0.2, 0.25) is 0 Å². The molecule has 2 aromatic rings. The van der Waals surface area contributed by atoms with E-state index in [-0.39, 0.29) is 18.0 Å². The van der Waals surface area contributed by atoms with E-state index >= 15 is 0 Å². The van der Waals surface area contributed by atoms with E-state index < -0.39 is 5.60 Å². The number of piperidine rings is 1. The largest absolute Gasteiger partial charge is 0.385 e. The van der Waals surface area contributed by atoms with Gasteiger partial charge in [0.1, 0.15) is 0 Å². The van der Waals surface area contributed by atoms with Crippen LogP contribution in [-0.2, 0) is 12.1 Å². The number of hydrogen-bond acceptors (Lipinski definition) is 3. The lowest BCUT2D eigenvalue weighted by atomic mass is 9.66. The van der Waals surface area contributed by atoms with Crippen LogP contribution < -0.4 is 5.32 Å². The Morgan fingerprint density at radius 1 is 1.21 bits per heavy atom. The molecule has 148 valence electrons. The van der Waals surface area contributed by atoms with Crippen molar-refractivity contribution in [1.82, 2.24) is 15.2 Å². The number of urea groups is 1. The number of pyridine rings is 1. The molecule has 28 heavy (non-hydrogen) atoms. The van der Waals surface area contributed by atoms with Crippen molar-refractivity contribution >= 4 is 6.03 Å². The van der Waals surface area contributed by atoms with Gasteiger partial charge >= 0.3 is 6.03 Å². The molecule has 4 rings (SSSR count). The maximum atomic E-state index is 13.0. The Bertz CT molecular complexity index is 826. The number of hydrogen-bond donors (Lipinski definition) is 2. The van der Waals surface area contributed by atoms with Crippen LogP contribution in [0.25, 0.3) is 0 Å². The number of rotatable bonds is 3. The Balaban J connectivity index is 1.50. The van der Waals surface area contributed by atoms with E-state index in [9.17, 15) is 9.90 Å². The molecule has 1 aliphatic carbocycles. The highest BCUT2D eigenvalue weighted by atomic mass is 16.3. The number of aryl methyl sites for hydroxylation is 1. The van der Waals surface area contributed by atoms with Gasteiger partial charge in [-0.3, -0.25) is 4.98 Å². The molecule has 0 spiro atoms. The molecule has 1 aromatic carbocycles. The fourth-order valence-corrected chi connectivity index (χ4v) is 4.99. The van der Waals surface area contributed by atoms with Crippen molar-refractivity contribution in [2.75, 3.05) is 6.54 Å². The molecular formula is C23H29N3O2. The quantitative estimate of drug-likeness (QED) is 0.854. The van der Waals surface area contributed by atoms with E-state index in [1.54, 1.807) is 6.20 Å². The molecule has 1 saturated heterocycles. The lowest BCUT2D eigenvalue weighted by molar-refractivity contribution is -0.108. The molecule has 2 amide bonds. The Morgan fingerprint density at radius 3 is 2.79 bits per heavy atom. The fraction of sp³-hybridized carbons (Fsp3) is 0.478. The Morgan fingerprint density at radius 2 is 2.00 bits per heavy atom. The summed E-state index contributed by atoms with van der Waals surface area (Å²) in [5.74, 6) is 0.0831. The first-order valence-electron chi connectivity index (χ1n) is 10.3. The molecular weight excluding hydrogens is 350 g/mol. The average Bonchev–Trinajstić information content (AvgIpc) is 2.74. The standard InChI is InChI=1S/C23H29N3O2/c1-17-8-7-14-24-20(17)16-25-22(27)26-15-13-23(28,18-9-3-2-4-10-18)19-11-5-6-12-21(19)26/h2-4,7-10,14,19,21,28H,5-6,11-13,15-16H2,1H3,(H,25,27)/t19-,21+,23+/m0/s1. The van der Waals surface area contributed by atoms with E-state index in [0.717, 1.165) is 42.5 Å². The molecule has 2 N–H and O–H groups in total. The molecule has 1 saturated carbocycles. The van der Waals surface area contributed by atoms with Gasteiger partial charge in [-0.25, -0.2) is 4.79 Å². The van der Waals surface area contributed by atoms with Crippen molar-refractivity contribution in [1.29, 1.82) is 0 Å². The molecule has 0 bridgehead atoms. The summed E-state index contributed by atoms with van der Waals surface area (Å²) in [5.41, 5.74) is 2.11. The van der Waals surface area contributed by atoms with E-state index in [1.165, 1.54) is 0 Å². The highest BCUT2D eigenvalue weighted by Crippen LogP contribution is 2.46. The highest BCUT2D eigenvalue weighted by Gasteiger charge is 2.50. The summed E-state index contributed by atoms with van der Waals surface area (Å²) < 4.78 is 0. The Labute approximate surface area is 166 Å². The maximum absolute atomic E-state index is 13.0. The molecule has 2 heterocycles. The van der Waals surface area contributed by atoms with Crippen molar-refractivity contribution in [2.24, 2.45) is 5.92 Å². The van der Waals surface area contributed by atoms with E-state index in [1.807, 2.05) is 54.3 Å². The third-order valence-electron chi connectivity index (χ3n) is 6.54. The third-order valence-corrected chi connectivity index (χ3v) is 6.54. The number of benzene rings is 1. The number of aromatic nitrogens is 1. The number of fused-ring (bicyclic) bond motifs is 1. The number of nitrogens with one attached hydrogen (secondary N) is 1. The number of nitrogens with zero attached hydrogens (tertiary/aromatic N) is 2. The van der Waals surface area contributed by atoms with E-state index in [2.05, 4.69) is 10.3 Å². The smallest absolute Gasteiger partial charge is 0.317 e. The van der Waals surface area contributed by atoms with Crippen LogP contribution in [-0.4, -0.2) is 33.6 Å². The van der Waals surface area contributed by atoms with Crippen molar-refractivity contribution in [2.45, 2.75) is 57.2 Å². The van der Waals surface area contributed by atoms with Crippen LogP contribution in [0.1, 0.15) is 48.9 Å². The zero-order valence-corrected chi connectivity index (χ0v) is 16.5. The minimum atomic E-state index is -0.847. The minimum absolute atomic E-state index is 0.0444. The molecule has 0 radical (unpaired) electrons. The van der Waals surface area contributed by atoms with Crippen molar-refractivity contribution in [3.05, 3.63) is 65.5 Å². The fourth-order valence-electron chi connectivity index (χ4n) is 4.99. The lowest BCUT2D eigenvalue weighted by Crippen LogP contribution is -2.60. The van der Waals surface area contributed by atoms with Gasteiger partial charge in [0, 0.05) is 24.7 Å². The predicted octanol–water partition coefficient (Wildman–Crippen LogP) is 3.75. The van der Waals surface area contributed by atoms with Crippen LogP contribution >= 0.6 is 0 Å². The molecule has 0 unspecified atom stereocenters. The highest BCUT2D eigenvalue weighted by molar-refractivity contribution is 5.74. The van der Waals surface area contributed by atoms with Gasteiger partial charge in [0.05, 0.1) is 17.8 Å². The first kappa shape index (κ1) is 18.9.